The van der Waals surface area contributed by atoms with Crippen LogP contribution in [0, 0.1) is 17.8 Å². The molecule has 2 atom stereocenters. The third kappa shape index (κ3) is 12.1. The van der Waals surface area contributed by atoms with Gasteiger partial charge in [0.25, 0.3) is 0 Å². The molecule has 0 radical (unpaired) electrons. The Morgan fingerprint density at radius 2 is 1.23 bits per heavy atom. The van der Waals surface area contributed by atoms with Gasteiger partial charge in [0.15, 0.2) is 0 Å². The monoisotopic (exact) mass is 312 g/mol. The van der Waals surface area contributed by atoms with E-state index in [0.717, 1.165) is 36.2 Å². The zero-order valence-electron chi connectivity index (χ0n) is 15.7. The molecule has 0 rings (SSSR count). The zero-order valence-corrected chi connectivity index (χ0v) is 15.7. The Bertz CT molecular complexity index is 294. The van der Waals surface area contributed by atoms with Crippen molar-refractivity contribution in [2.45, 2.75) is 92.4 Å². The molecule has 0 fully saturated rings. The third-order valence-electron chi connectivity index (χ3n) is 4.76. The van der Waals surface area contributed by atoms with E-state index in [0.29, 0.717) is 0 Å². The topological polar surface area (TPSA) is 40.5 Å². The Kier molecular flexibility index (Phi) is 12.7. The molecule has 0 amide bonds. The van der Waals surface area contributed by atoms with Crippen LogP contribution in [-0.4, -0.2) is 16.8 Å². The van der Waals surface area contributed by atoms with Gasteiger partial charge < -0.3 is 10.2 Å². The summed E-state index contributed by atoms with van der Waals surface area (Å²) >= 11 is 0. The summed E-state index contributed by atoms with van der Waals surface area (Å²) in [7, 11) is 0. The van der Waals surface area contributed by atoms with E-state index in [1.54, 1.807) is 0 Å². The molecule has 0 aliphatic rings. The van der Waals surface area contributed by atoms with Crippen molar-refractivity contribution >= 4 is 0 Å². The van der Waals surface area contributed by atoms with Crippen molar-refractivity contribution in [3.63, 3.8) is 0 Å². The van der Waals surface area contributed by atoms with Gasteiger partial charge in [-0.1, -0.05) is 72.6 Å². The summed E-state index contributed by atoms with van der Waals surface area (Å²) in [6.45, 7) is 11.0. The number of allylic oxidation sites excluding steroid dienone is 1. The highest BCUT2D eigenvalue weighted by Crippen LogP contribution is 2.22. The first kappa shape index (κ1) is 21.5. The van der Waals surface area contributed by atoms with Crippen LogP contribution >= 0.6 is 0 Å². The fourth-order valence-electron chi connectivity index (χ4n) is 2.97. The van der Waals surface area contributed by atoms with Gasteiger partial charge in [-0.05, 0) is 43.1 Å². The van der Waals surface area contributed by atoms with Crippen molar-refractivity contribution in [3.8, 4) is 0 Å². The standard InChI is InChI=1S/C20H40O2/c1-16(2)9-6-10-17(3)11-7-12-18(4)13-8-14-19(5)20(22)15-21/h16-18,21-22H,6-15H2,1-5H3/b20-19+. The van der Waals surface area contributed by atoms with Gasteiger partial charge in [-0.2, -0.15) is 0 Å². The molecule has 0 spiro atoms. The van der Waals surface area contributed by atoms with Crippen LogP contribution in [-0.2, 0) is 0 Å². The molecule has 2 heteroatoms. The fraction of sp³-hybridized carbons (Fsp3) is 0.900. The largest absolute Gasteiger partial charge is 0.510 e. The van der Waals surface area contributed by atoms with Crippen LogP contribution in [0.15, 0.2) is 11.3 Å². The predicted octanol–water partition coefficient (Wildman–Crippen LogP) is 6.25. The van der Waals surface area contributed by atoms with Crippen molar-refractivity contribution in [2.75, 3.05) is 6.61 Å². The minimum atomic E-state index is -0.226. The molecule has 0 aromatic heterocycles. The van der Waals surface area contributed by atoms with Gasteiger partial charge in [0.05, 0.1) is 0 Å². The molecule has 0 heterocycles. The second-order valence-corrected chi connectivity index (χ2v) is 7.74. The van der Waals surface area contributed by atoms with Gasteiger partial charge in [-0.3, -0.25) is 0 Å². The zero-order chi connectivity index (χ0) is 17.0. The maximum atomic E-state index is 9.43. The van der Waals surface area contributed by atoms with E-state index in [-0.39, 0.29) is 12.4 Å². The van der Waals surface area contributed by atoms with Gasteiger partial charge in [-0.25, -0.2) is 0 Å². The average molecular weight is 313 g/mol. The van der Waals surface area contributed by atoms with Crippen LogP contribution in [0.2, 0.25) is 0 Å². The molecular weight excluding hydrogens is 272 g/mol. The van der Waals surface area contributed by atoms with Gasteiger partial charge in [-0.15, -0.1) is 0 Å². The number of aliphatic hydroxyl groups is 2. The van der Waals surface area contributed by atoms with E-state index in [1.807, 2.05) is 6.92 Å². The van der Waals surface area contributed by atoms with Gasteiger partial charge >= 0.3 is 0 Å². The molecule has 0 bridgehead atoms. The van der Waals surface area contributed by atoms with Crippen molar-refractivity contribution < 1.29 is 10.2 Å². The summed E-state index contributed by atoms with van der Waals surface area (Å²) in [5.74, 6) is 2.64. The third-order valence-corrected chi connectivity index (χ3v) is 4.76. The molecule has 2 unspecified atom stereocenters. The lowest BCUT2D eigenvalue weighted by atomic mass is 9.91. The van der Waals surface area contributed by atoms with Crippen molar-refractivity contribution in [3.05, 3.63) is 11.3 Å². The maximum Gasteiger partial charge on any atom is 0.117 e. The SMILES string of the molecule is C/C(CCCC(C)CCCC(C)CCCC(C)C)=C(\O)CO. The average Bonchev–Trinajstić information content (AvgIpc) is 2.45. The van der Waals surface area contributed by atoms with E-state index in [4.69, 9.17) is 5.11 Å². The normalized spacial score (nSPS) is 15.8. The Labute approximate surface area is 139 Å². The lowest BCUT2D eigenvalue weighted by Gasteiger charge is -2.15. The van der Waals surface area contributed by atoms with E-state index < -0.39 is 0 Å². The first-order valence-corrected chi connectivity index (χ1v) is 9.35. The Hall–Kier alpha value is -0.500. The second-order valence-electron chi connectivity index (χ2n) is 7.74. The number of rotatable bonds is 13. The first-order chi connectivity index (χ1) is 10.4. The predicted molar refractivity (Wildman–Crippen MR) is 97.1 cm³/mol. The molecule has 2 N–H and O–H groups in total. The molecule has 0 aliphatic heterocycles. The quantitative estimate of drug-likeness (QED) is 0.395. The van der Waals surface area contributed by atoms with E-state index in [1.165, 1.54) is 44.9 Å². The molecule has 132 valence electrons. The molecule has 0 saturated heterocycles. The number of hydrogen-bond acceptors (Lipinski definition) is 2. The molecule has 0 aliphatic carbocycles. The van der Waals surface area contributed by atoms with Gasteiger partial charge in [0.2, 0.25) is 0 Å². The summed E-state index contributed by atoms with van der Waals surface area (Å²) in [5, 5.41) is 18.3. The van der Waals surface area contributed by atoms with Crippen LogP contribution in [0.25, 0.3) is 0 Å². The fourth-order valence-corrected chi connectivity index (χ4v) is 2.97. The molecule has 2 nitrogen and oxygen atoms in total. The molecular formula is C20H40O2. The maximum absolute atomic E-state index is 9.43. The summed E-state index contributed by atoms with van der Waals surface area (Å²) in [4.78, 5) is 0. The molecule has 0 saturated carbocycles. The van der Waals surface area contributed by atoms with Crippen molar-refractivity contribution in [2.24, 2.45) is 17.8 Å². The minimum absolute atomic E-state index is 0.155. The molecule has 0 aromatic rings. The van der Waals surface area contributed by atoms with Gasteiger partial charge in [0.1, 0.15) is 12.4 Å². The summed E-state index contributed by atoms with van der Waals surface area (Å²) in [5.41, 5.74) is 0.938. The lowest BCUT2D eigenvalue weighted by Crippen LogP contribution is -2.00. The highest BCUT2D eigenvalue weighted by Gasteiger charge is 2.07. The Morgan fingerprint density at radius 3 is 1.68 bits per heavy atom. The number of hydrogen-bond donors (Lipinski definition) is 2. The Balaban J connectivity index is 3.63. The molecule has 0 aromatic carbocycles. The van der Waals surface area contributed by atoms with E-state index >= 15 is 0 Å². The van der Waals surface area contributed by atoms with Crippen LogP contribution in [0.1, 0.15) is 92.4 Å². The molecule has 22 heavy (non-hydrogen) atoms. The van der Waals surface area contributed by atoms with Crippen molar-refractivity contribution in [1.82, 2.24) is 0 Å². The van der Waals surface area contributed by atoms with Crippen LogP contribution in [0.5, 0.6) is 0 Å². The van der Waals surface area contributed by atoms with E-state index in [9.17, 15) is 5.11 Å². The first-order valence-electron chi connectivity index (χ1n) is 9.35. The van der Waals surface area contributed by atoms with Crippen LogP contribution < -0.4 is 0 Å². The minimum Gasteiger partial charge on any atom is -0.510 e. The van der Waals surface area contributed by atoms with E-state index in [2.05, 4.69) is 27.7 Å². The Morgan fingerprint density at radius 1 is 0.773 bits per heavy atom. The summed E-state index contributed by atoms with van der Waals surface area (Å²) in [6.07, 6.45) is 11.4. The summed E-state index contributed by atoms with van der Waals surface area (Å²) < 4.78 is 0. The number of aliphatic hydroxyl groups excluding tert-OH is 2. The lowest BCUT2D eigenvalue weighted by molar-refractivity contribution is 0.248. The smallest absolute Gasteiger partial charge is 0.117 e. The van der Waals surface area contributed by atoms with Crippen LogP contribution in [0.4, 0.5) is 0 Å². The van der Waals surface area contributed by atoms with Crippen LogP contribution in [0.3, 0.4) is 0 Å². The van der Waals surface area contributed by atoms with Gasteiger partial charge in [0, 0.05) is 0 Å². The highest BCUT2D eigenvalue weighted by atomic mass is 16.3. The summed E-state index contributed by atoms with van der Waals surface area (Å²) in [6, 6.07) is 0. The second kappa shape index (κ2) is 13.0. The highest BCUT2D eigenvalue weighted by molar-refractivity contribution is 5.04. The van der Waals surface area contributed by atoms with Crippen molar-refractivity contribution in [1.29, 1.82) is 0 Å².